The number of hydrogen-bond donors (Lipinski definition) is 9. The van der Waals surface area contributed by atoms with Crippen LogP contribution in [0, 0.1) is 0 Å². The molecule has 9 atom stereocenters. The van der Waals surface area contributed by atoms with Gasteiger partial charge in [0.15, 0.2) is 0 Å². The van der Waals surface area contributed by atoms with Crippen LogP contribution < -0.4 is 4.74 Å². The van der Waals surface area contributed by atoms with Crippen molar-refractivity contribution >= 4 is 0 Å². The van der Waals surface area contributed by atoms with Gasteiger partial charge in [0.2, 0.25) is 6.29 Å². The number of aromatic hydroxyl groups is 5. The van der Waals surface area contributed by atoms with Crippen LogP contribution in [0.2, 0.25) is 0 Å². The molecule has 1 saturated heterocycles. The van der Waals surface area contributed by atoms with Gasteiger partial charge < -0.3 is 55.4 Å². The minimum absolute atomic E-state index is 0.0603. The molecule has 0 saturated carbocycles. The third kappa shape index (κ3) is 4.63. The van der Waals surface area contributed by atoms with Crippen LogP contribution in [0.4, 0.5) is 0 Å². The van der Waals surface area contributed by atoms with Crippen LogP contribution in [0.1, 0.15) is 57.1 Å². The van der Waals surface area contributed by atoms with E-state index in [9.17, 15) is 46.0 Å². The van der Waals surface area contributed by atoms with E-state index in [1.54, 1.807) is 60.7 Å². The van der Waals surface area contributed by atoms with E-state index >= 15 is 0 Å². The Balaban J connectivity index is 1.41. The van der Waals surface area contributed by atoms with Crippen LogP contribution in [0.15, 0.2) is 72.8 Å². The smallest absolute Gasteiger partial charge is 0.229 e. The number of hydrogen-bond acceptors (Lipinski definition) is 11. The highest BCUT2D eigenvalue weighted by atomic mass is 16.7. The molecule has 2 aliphatic carbocycles. The Morgan fingerprint density at radius 3 is 1.62 bits per heavy atom. The Kier molecular flexibility index (Phi) is 7.03. The maximum Gasteiger partial charge on any atom is 0.229 e. The highest BCUT2D eigenvalue weighted by molar-refractivity contribution is 5.68. The van der Waals surface area contributed by atoms with Gasteiger partial charge in [-0.3, -0.25) is 0 Å². The lowest BCUT2D eigenvalue weighted by Crippen LogP contribution is -2.60. The zero-order valence-corrected chi connectivity index (χ0v) is 23.7. The molecule has 3 aliphatic rings. The van der Waals surface area contributed by atoms with Crippen LogP contribution in [0.25, 0.3) is 0 Å². The molecule has 11 nitrogen and oxygen atoms in total. The molecule has 11 heteroatoms. The monoisotopic (exact) mass is 616 g/mol. The predicted molar refractivity (Wildman–Crippen MR) is 158 cm³/mol. The quantitative estimate of drug-likeness (QED) is 0.160. The summed E-state index contributed by atoms with van der Waals surface area (Å²) in [6, 6.07) is 19.1. The first-order valence-electron chi connectivity index (χ1n) is 14.5. The SMILES string of the molecule is OCC1OC(Oc2cc(O)c3c(c2)C2C(c4ccc(O)cc4)c4c(O)cc(O)cc4C2C3c2ccc(O)cc2)C(O)C(O)C1O. The van der Waals surface area contributed by atoms with Crippen molar-refractivity contribution in [3.05, 3.63) is 106 Å². The first-order chi connectivity index (χ1) is 21.6. The molecule has 0 amide bonds. The molecule has 9 N–H and O–H groups in total. The third-order valence-electron chi connectivity index (χ3n) is 9.39. The maximum absolute atomic E-state index is 11.6. The van der Waals surface area contributed by atoms with Crippen LogP contribution in [-0.2, 0) is 4.74 Å². The molecule has 0 aromatic heterocycles. The average Bonchev–Trinajstić information content (AvgIpc) is 3.52. The minimum atomic E-state index is -1.67. The molecule has 4 aromatic rings. The highest BCUT2D eigenvalue weighted by Gasteiger charge is 2.54. The van der Waals surface area contributed by atoms with Crippen molar-refractivity contribution < 1.29 is 55.4 Å². The number of aliphatic hydroxyl groups excluding tert-OH is 4. The summed E-state index contributed by atoms with van der Waals surface area (Å²) < 4.78 is 11.5. The van der Waals surface area contributed by atoms with Crippen LogP contribution in [0.3, 0.4) is 0 Å². The molecule has 1 aliphatic heterocycles. The van der Waals surface area contributed by atoms with E-state index < -0.39 is 61.0 Å². The number of benzene rings is 4. The number of phenols is 5. The van der Waals surface area contributed by atoms with Crippen molar-refractivity contribution in [1.82, 2.24) is 0 Å². The van der Waals surface area contributed by atoms with Gasteiger partial charge in [0.25, 0.3) is 0 Å². The summed E-state index contributed by atoms with van der Waals surface area (Å²) in [5, 5.41) is 94.2. The summed E-state index contributed by atoms with van der Waals surface area (Å²) in [6.45, 7) is -0.638. The Morgan fingerprint density at radius 1 is 0.578 bits per heavy atom. The fraction of sp³-hybridized carbons (Fsp3) is 0.294. The summed E-state index contributed by atoms with van der Waals surface area (Å²) in [6.07, 6.45) is -7.59. The third-order valence-corrected chi connectivity index (χ3v) is 9.39. The second-order valence-corrected chi connectivity index (χ2v) is 11.9. The van der Waals surface area contributed by atoms with Gasteiger partial charge in [0.05, 0.1) is 6.61 Å². The van der Waals surface area contributed by atoms with Gasteiger partial charge in [-0.15, -0.1) is 0 Å². The fourth-order valence-electron chi connectivity index (χ4n) is 7.50. The molecule has 7 rings (SSSR count). The topological polar surface area (TPSA) is 201 Å². The summed E-state index contributed by atoms with van der Waals surface area (Å²) in [4.78, 5) is 0. The number of phenolic OH excluding ortho intramolecular Hbond substituents is 5. The molecule has 0 bridgehead atoms. The molecular weight excluding hydrogens is 584 g/mol. The van der Waals surface area contributed by atoms with Gasteiger partial charge in [-0.1, -0.05) is 24.3 Å². The Labute approximate surface area is 257 Å². The first kappa shape index (κ1) is 29.2. The first-order valence-corrected chi connectivity index (χ1v) is 14.5. The zero-order valence-electron chi connectivity index (χ0n) is 23.7. The van der Waals surface area contributed by atoms with Gasteiger partial charge in [0, 0.05) is 46.9 Å². The minimum Gasteiger partial charge on any atom is -0.508 e. The van der Waals surface area contributed by atoms with E-state index in [0.29, 0.717) is 22.3 Å². The Bertz CT molecular complexity index is 1740. The zero-order chi connectivity index (χ0) is 31.7. The van der Waals surface area contributed by atoms with E-state index in [4.69, 9.17) is 9.47 Å². The van der Waals surface area contributed by atoms with E-state index in [1.807, 2.05) is 0 Å². The average molecular weight is 617 g/mol. The van der Waals surface area contributed by atoms with Crippen LogP contribution >= 0.6 is 0 Å². The fourth-order valence-corrected chi connectivity index (χ4v) is 7.50. The number of aliphatic hydroxyl groups is 4. The standard InChI is InChI=1S/C34H32O11/c35-13-24-31(41)32(42)33(43)34(45-24)44-19-11-21-28(23(40)12-19)26(15-3-7-17(37)8-4-15)29-20-9-18(38)10-22(39)27(20)25(30(21)29)14-1-5-16(36)6-2-14/h1-12,24-26,29-43H,13H2. The molecule has 0 radical (unpaired) electrons. The highest BCUT2D eigenvalue weighted by Crippen LogP contribution is 2.69. The number of ether oxygens (including phenoxy) is 2. The van der Waals surface area contributed by atoms with Crippen molar-refractivity contribution in [3.63, 3.8) is 0 Å². The summed E-state index contributed by atoms with van der Waals surface area (Å²) in [5.41, 5.74) is 3.99. The molecule has 4 aromatic carbocycles. The lowest BCUT2D eigenvalue weighted by Gasteiger charge is -2.39. The number of rotatable bonds is 5. The maximum atomic E-state index is 11.6. The molecule has 234 valence electrons. The molecular formula is C34H32O11. The van der Waals surface area contributed by atoms with Gasteiger partial charge in [-0.25, -0.2) is 0 Å². The van der Waals surface area contributed by atoms with Gasteiger partial charge >= 0.3 is 0 Å². The largest absolute Gasteiger partial charge is 0.508 e. The van der Waals surface area contributed by atoms with Crippen molar-refractivity contribution in [3.8, 4) is 34.5 Å². The molecule has 0 spiro atoms. The van der Waals surface area contributed by atoms with Gasteiger partial charge in [0.1, 0.15) is 58.9 Å². The van der Waals surface area contributed by atoms with E-state index in [-0.39, 0.29) is 34.5 Å². The van der Waals surface area contributed by atoms with Crippen molar-refractivity contribution in [2.24, 2.45) is 0 Å². The van der Waals surface area contributed by atoms with Crippen LogP contribution in [0.5, 0.6) is 34.5 Å². The summed E-state index contributed by atoms with van der Waals surface area (Å²) in [7, 11) is 0. The molecule has 9 unspecified atom stereocenters. The van der Waals surface area contributed by atoms with Gasteiger partial charge in [-0.2, -0.15) is 0 Å². The van der Waals surface area contributed by atoms with Crippen molar-refractivity contribution in [1.29, 1.82) is 0 Å². The lowest BCUT2D eigenvalue weighted by atomic mass is 9.79. The second-order valence-electron chi connectivity index (χ2n) is 11.9. The van der Waals surface area contributed by atoms with E-state index in [2.05, 4.69) is 0 Å². The van der Waals surface area contributed by atoms with E-state index in [0.717, 1.165) is 11.1 Å². The van der Waals surface area contributed by atoms with E-state index in [1.165, 1.54) is 12.1 Å². The lowest BCUT2D eigenvalue weighted by molar-refractivity contribution is -0.277. The van der Waals surface area contributed by atoms with Gasteiger partial charge in [-0.05, 0) is 58.7 Å². The van der Waals surface area contributed by atoms with Crippen molar-refractivity contribution in [2.75, 3.05) is 6.61 Å². The Morgan fingerprint density at radius 2 is 1.09 bits per heavy atom. The predicted octanol–water partition coefficient (Wildman–Crippen LogP) is 2.55. The normalized spacial score (nSPS) is 30.0. The second kappa shape index (κ2) is 10.8. The summed E-state index contributed by atoms with van der Waals surface area (Å²) in [5.74, 6) is -2.02. The van der Waals surface area contributed by atoms with Crippen LogP contribution in [-0.4, -0.2) is 83.3 Å². The number of fused-ring (bicyclic) bond motifs is 5. The van der Waals surface area contributed by atoms with Crippen molar-refractivity contribution in [2.45, 2.75) is 54.4 Å². The molecule has 45 heavy (non-hydrogen) atoms. The summed E-state index contributed by atoms with van der Waals surface area (Å²) >= 11 is 0. The Hall–Kier alpha value is -4.52. The molecule has 1 fully saturated rings. The molecule has 1 heterocycles.